The molecule has 116 valence electrons. The average Bonchev–Trinajstić information content (AvgIpc) is 2.55. The third kappa shape index (κ3) is 3.48. The van der Waals surface area contributed by atoms with E-state index in [9.17, 15) is 8.78 Å². The van der Waals surface area contributed by atoms with E-state index in [2.05, 4.69) is 32.0 Å². The van der Waals surface area contributed by atoms with Crippen LogP contribution in [0, 0.1) is 11.6 Å². The zero-order valence-corrected chi connectivity index (χ0v) is 13.2. The van der Waals surface area contributed by atoms with E-state index in [0.29, 0.717) is 5.92 Å². The minimum absolute atomic E-state index is 0.243. The molecule has 2 heteroatoms. The van der Waals surface area contributed by atoms with Crippen molar-refractivity contribution in [2.45, 2.75) is 19.8 Å². The molecule has 0 aliphatic rings. The lowest BCUT2D eigenvalue weighted by Crippen LogP contribution is -1.91. The van der Waals surface area contributed by atoms with Crippen LogP contribution in [0.3, 0.4) is 0 Å². The van der Waals surface area contributed by atoms with Gasteiger partial charge in [-0.1, -0.05) is 50.2 Å². The normalized spacial score (nSPS) is 11.0. The lowest BCUT2D eigenvalue weighted by atomic mass is 9.92. The van der Waals surface area contributed by atoms with Crippen molar-refractivity contribution >= 4 is 0 Å². The molecule has 3 aromatic carbocycles. The zero-order valence-electron chi connectivity index (χ0n) is 13.2. The van der Waals surface area contributed by atoms with Crippen LogP contribution >= 0.6 is 0 Å². The van der Waals surface area contributed by atoms with Gasteiger partial charge in [0.1, 0.15) is 11.6 Å². The summed E-state index contributed by atoms with van der Waals surface area (Å²) in [6.07, 6.45) is 0. The van der Waals surface area contributed by atoms with Crippen molar-refractivity contribution in [3.63, 3.8) is 0 Å². The molecule has 0 unspecified atom stereocenters. The van der Waals surface area contributed by atoms with E-state index < -0.39 is 0 Å². The first kappa shape index (κ1) is 15.4. The molecule has 0 N–H and O–H groups in total. The van der Waals surface area contributed by atoms with E-state index in [0.717, 1.165) is 22.3 Å². The van der Waals surface area contributed by atoms with Gasteiger partial charge in [-0.25, -0.2) is 8.78 Å². The molecule has 0 nitrogen and oxygen atoms in total. The van der Waals surface area contributed by atoms with Gasteiger partial charge >= 0.3 is 0 Å². The molecule has 0 amide bonds. The number of hydrogen-bond donors (Lipinski definition) is 0. The maximum atomic E-state index is 13.2. The van der Waals surface area contributed by atoms with E-state index >= 15 is 0 Å². The van der Waals surface area contributed by atoms with Gasteiger partial charge in [0.2, 0.25) is 0 Å². The molecule has 0 fully saturated rings. The quantitative estimate of drug-likeness (QED) is 0.523. The molecule has 3 aromatic rings. The zero-order chi connectivity index (χ0) is 16.4. The number of rotatable bonds is 3. The maximum absolute atomic E-state index is 13.2. The van der Waals surface area contributed by atoms with Gasteiger partial charge in [0, 0.05) is 0 Å². The van der Waals surface area contributed by atoms with Gasteiger partial charge in [-0.05, 0) is 64.1 Å². The fourth-order valence-corrected chi connectivity index (χ4v) is 2.60. The largest absolute Gasteiger partial charge is 0.207 e. The summed E-state index contributed by atoms with van der Waals surface area (Å²) in [7, 11) is 0. The molecule has 0 aliphatic carbocycles. The van der Waals surface area contributed by atoms with Crippen molar-refractivity contribution in [2.24, 2.45) is 0 Å². The minimum atomic E-state index is -0.243. The number of benzene rings is 3. The van der Waals surface area contributed by atoms with Gasteiger partial charge in [-0.2, -0.15) is 0 Å². The third-order valence-electron chi connectivity index (χ3n) is 3.98. The molecule has 0 heterocycles. The van der Waals surface area contributed by atoms with Crippen molar-refractivity contribution in [3.8, 4) is 22.3 Å². The highest BCUT2D eigenvalue weighted by Crippen LogP contribution is 2.31. The fourth-order valence-electron chi connectivity index (χ4n) is 2.60. The first-order valence-corrected chi connectivity index (χ1v) is 7.70. The fraction of sp³-hybridized carbons (Fsp3) is 0.143. The minimum Gasteiger partial charge on any atom is -0.207 e. The predicted octanol–water partition coefficient (Wildman–Crippen LogP) is 6.42. The van der Waals surface area contributed by atoms with Crippen LogP contribution in [0.1, 0.15) is 25.3 Å². The highest BCUT2D eigenvalue weighted by molar-refractivity contribution is 5.74. The van der Waals surface area contributed by atoms with Crippen molar-refractivity contribution in [3.05, 3.63) is 83.9 Å². The summed E-state index contributed by atoms with van der Waals surface area (Å²) in [4.78, 5) is 0. The first-order valence-electron chi connectivity index (χ1n) is 7.70. The lowest BCUT2D eigenvalue weighted by molar-refractivity contribution is 0.627. The van der Waals surface area contributed by atoms with E-state index in [1.807, 2.05) is 0 Å². The molecular weight excluding hydrogens is 290 g/mol. The Morgan fingerprint density at radius 1 is 0.565 bits per heavy atom. The molecule has 0 aliphatic heterocycles. The second-order valence-electron chi connectivity index (χ2n) is 6.01. The van der Waals surface area contributed by atoms with Gasteiger partial charge in [-0.3, -0.25) is 0 Å². The Morgan fingerprint density at radius 2 is 0.957 bits per heavy atom. The summed E-state index contributed by atoms with van der Waals surface area (Å²) in [6, 6.07) is 19.3. The van der Waals surface area contributed by atoms with Gasteiger partial charge in [0.05, 0.1) is 0 Å². The van der Waals surface area contributed by atoms with E-state index in [-0.39, 0.29) is 11.6 Å². The molecule has 3 rings (SSSR count). The van der Waals surface area contributed by atoms with Gasteiger partial charge in [0.15, 0.2) is 0 Å². The standard InChI is InChI=1S/C21H18F2/c1-14(2)17-11-18(15-3-7-20(22)8-4-15)13-19(12-17)16-5-9-21(23)10-6-16/h3-14H,1-2H3. The molecule has 23 heavy (non-hydrogen) atoms. The summed E-state index contributed by atoms with van der Waals surface area (Å²) in [5, 5.41) is 0. The van der Waals surface area contributed by atoms with Crippen LogP contribution in [0.5, 0.6) is 0 Å². The van der Waals surface area contributed by atoms with E-state index in [1.165, 1.54) is 29.8 Å². The highest BCUT2D eigenvalue weighted by atomic mass is 19.1. The molecule has 0 aromatic heterocycles. The van der Waals surface area contributed by atoms with Crippen molar-refractivity contribution in [1.82, 2.24) is 0 Å². The topological polar surface area (TPSA) is 0 Å². The maximum Gasteiger partial charge on any atom is 0.123 e. The lowest BCUT2D eigenvalue weighted by Gasteiger charge is -2.13. The van der Waals surface area contributed by atoms with Crippen LogP contribution in [-0.4, -0.2) is 0 Å². The Labute approximate surface area is 135 Å². The predicted molar refractivity (Wildman–Crippen MR) is 91.3 cm³/mol. The molecule has 0 saturated carbocycles. The third-order valence-corrected chi connectivity index (χ3v) is 3.98. The van der Waals surface area contributed by atoms with Gasteiger partial charge in [0.25, 0.3) is 0 Å². The van der Waals surface area contributed by atoms with Crippen LogP contribution in [0.25, 0.3) is 22.3 Å². The monoisotopic (exact) mass is 308 g/mol. The highest BCUT2D eigenvalue weighted by Gasteiger charge is 2.08. The average molecular weight is 308 g/mol. The summed E-state index contributed by atoms with van der Waals surface area (Å²) in [6.45, 7) is 4.27. The molecule has 0 spiro atoms. The van der Waals surface area contributed by atoms with Gasteiger partial charge < -0.3 is 0 Å². The Morgan fingerprint density at radius 3 is 1.30 bits per heavy atom. The van der Waals surface area contributed by atoms with Crippen LogP contribution in [0.15, 0.2) is 66.7 Å². The van der Waals surface area contributed by atoms with Crippen LogP contribution in [0.4, 0.5) is 8.78 Å². The molecule has 0 radical (unpaired) electrons. The van der Waals surface area contributed by atoms with Crippen LogP contribution in [0.2, 0.25) is 0 Å². The van der Waals surface area contributed by atoms with Crippen LogP contribution < -0.4 is 0 Å². The summed E-state index contributed by atoms with van der Waals surface area (Å²) >= 11 is 0. The van der Waals surface area contributed by atoms with Crippen LogP contribution in [-0.2, 0) is 0 Å². The van der Waals surface area contributed by atoms with E-state index in [4.69, 9.17) is 0 Å². The molecular formula is C21H18F2. The smallest absolute Gasteiger partial charge is 0.123 e. The first-order chi connectivity index (χ1) is 11.0. The Balaban J connectivity index is 2.13. The Hall–Kier alpha value is -2.48. The van der Waals surface area contributed by atoms with Crippen molar-refractivity contribution in [2.75, 3.05) is 0 Å². The number of halogens is 2. The summed E-state index contributed by atoms with van der Waals surface area (Å²) < 4.78 is 26.3. The Kier molecular flexibility index (Phi) is 4.24. The molecule has 0 bridgehead atoms. The summed E-state index contributed by atoms with van der Waals surface area (Å²) in [5.41, 5.74) is 5.21. The second-order valence-corrected chi connectivity index (χ2v) is 6.01. The van der Waals surface area contributed by atoms with Crippen molar-refractivity contribution in [1.29, 1.82) is 0 Å². The molecule has 0 saturated heterocycles. The Bertz CT molecular complexity index is 737. The second kappa shape index (κ2) is 6.33. The van der Waals surface area contributed by atoms with Gasteiger partial charge in [-0.15, -0.1) is 0 Å². The van der Waals surface area contributed by atoms with E-state index in [1.54, 1.807) is 24.3 Å². The number of hydrogen-bond acceptors (Lipinski definition) is 0. The summed E-state index contributed by atoms with van der Waals surface area (Å²) in [5.74, 6) is -0.116. The van der Waals surface area contributed by atoms with Crippen molar-refractivity contribution < 1.29 is 8.78 Å². The SMILES string of the molecule is CC(C)c1cc(-c2ccc(F)cc2)cc(-c2ccc(F)cc2)c1. The molecule has 0 atom stereocenters.